The number of amides is 3. The fraction of sp³-hybridized carbons (Fsp3) is 0.357. The van der Waals surface area contributed by atoms with Crippen molar-refractivity contribution < 1.29 is 24.0 Å². The van der Waals surface area contributed by atoms with Gasteiger partial charge in [-0.2, -0.15) is 0 Å². The molecule has 3 atom stereocenters. The fourth-order valence-electron chi connectivity index (χ4n) is 5.42. The van der Waals surface area contributed by atoms with Crippen molar-refractivity contribution in [3.8, 4) is 0 Å². The summed E-state index contributed by atoms with van der Waals surface area (Å²) in [5, 5.41) is 13.4. The third-order valence-electron chi connectivity index (χ3n) is 7.23. The number of anilines is 2. The number of likely N-dealkylation sites (tertiary alicyclic amines) is 1. The number of piperidine rings is 1. The predicted molar refractivity (Wildman–Crippen MR) is 149 cm³/mol. The van der Waals surface area contributed by atoms with Crippen LogP contribution >= 0.6 is 15.9 Å². The molecule has 2 aromatic rings. The molecule has 4 aliphatic rings. The van der Waals surface area contributed by atoms with Crippen molar-refractivity contribution in [2.24, 2.45) is 17.0 Å². The average molecular weight is 594 g/mol. The second-order valence-electron chi connectivity index (χ2n) is 11.1. The zero-order valence-corrected chi connectivity index (χ0v) is 23.3. The van der Waals surface area contributed by atoms with Crippen LogP contribution in [0, 0.1) is 11.8 Å². The second-order valence-corrected chi connectivity index (χ2v) is 12.0. The third-order valence-corrected chi connectivity index (χ3v) is 7.72. The van der Waals surface area contributed by atoms with Crippen molar-refractivity contribution in [3.05, 3.63) is 63.8 Å². The standard InChI is InChI=1S/C28H28BrN5O5/c1-28(2,3)39-27(37)32-23-17-11-34(12-18(17)23)21(35)13-38-33-24-15-6-4-5-7-19(15)30-25(24)22-16-10-14(29)8-9-20(16)31-26(22)36/h4-10,17-18,23,30H,11-13H2,1-3H3,(H,31,36)(H,32,37)/b25-22-,33-24+/t17-,18+,23?. The Balaban J connectivity index is 1.13. The van der Waals surface area contributed by atoms with Gasteiger partial charge in [-0.1, -0.05) is 39.3 Å². The van der Waals surface area contributed by atoms with Crippen LogP contribution in [0.1, 0.15) is 31.9 Å². The first kappa shape index (κ1) is 25.4. The summed E-state index contributed by atoms with van der Waals surface area (Å²) in [6.07, 6.45) is -0.430. The molecule has 3 aliphatic heterocycles. The smallest absolute Gasteiger partial charge is 0.407 e. The number of hydrogen-bond donors (Lipinski definition) is 3. The number of oxime groups is 1. The van der Waals surface area contributed by atoms with Crippen LogP contribution in [0.4, 0.5) is 16.2 Å². The van der Waals surface area contributed by atoms with Gasteiger partial charge in [0, 0.05) is 57.9 Å². The molecule has 39 heavy (non-hydrogen) atoms. The molecule has 3 amide bonds. The van der Waals surface area contributed by atoms with Gasteiger partial charge in [-0.3, -0.25) is 9.59 Å². The molecule has 1 aliphatic carbocycles. The van der Waals surface area contributed by atoms with Gasteiger partial charge in [0.2, 0.25) is 0 Å². The summed E-state index contributed by atoms with van der Waals surface area (Å²) in [6.45, 7) is 6.34. The van der Waals surface area contributed by atoms with Gasteiger partial charge >= 0.3 is 6.09 Å². The molecule has 2 fully saturated rings. The monoisotopic (exact) mass is 593 g/mol. The number of alkyl carbamates (subject to hydrolysis) is 1. The lowest BCUT2D eigenvalue weighted by molar-refractivity contribution is -0.135. The van der Waals surface area contributed by atoms with E-state index in [2.05, 4.69) is 37.0 Å². The number of benzene rings is 2. The van der Waals surface area contributed by atoms with Crippen molar-refractivity contribution >= 4 is 56.5 Å². The Morgan fingerprint density at radius 2 is 1.79 bits per heavy atom. The minimum absolute atomic E-state index is 0.0285. The lowest BCUT2D eigenvalue weighted by Crippen LogP contribution is -2.40. The second kappa shape index (κ2) is 9.41. The topological polar surface area (TPSA) is 121 Å². The quantitative estimate of drug-likeness (QED) is 0.365. The maximum Gasteiger partial charge on any atom is 0.407 e. The minimum Gasteiger partial charge on any atom is -0.444 e. The van der Waals surface area contributed by atoms with Crippen LogP contribution in [0.2, 0.25) is 0 Å². The number of nitrogens with one attached hydrogen (secondary N) is 3. The minimum atomic E-state index is -0.554. The number of carbonyl (C=O) groups excluding carboxylic acids is 3. The molecule has 0 radical (unpaired) electrons. The summed E-state index contributed by atoms with van der Waals surface area (Å²) in [6, 6.07) is 13.2. The number of ether oxygens (including phenoxy) is 1. The van der Waals surface area contributed by atoms with Gasteiger partial charge in [-0.05, 0) is 45.0 Å². The maximum atomic E-state index is 13.0. The van der Waals surface area contributed by atoms with Crippen molar-refractivity contribution in [1.29, 1.82) is 0 Å². The molecule has 3 N–H and O–H groups in total. The van der Waals surface area contributed by atoms with E-state index in [0.717, 1.165) is 21.3 Å². The van der Waals surface area contributed by atoms with Crippen molar-refractivity contribution in [1.82, 2.24) is 10.2 Å². The summed E-state index contributed by atoms with van der Waals surface area (Å²) >= 11 is 3.48. The first-order chi connectivity index (χ1) is 18.6. The molecule has 3 heterocycles. The van der Waals surface area contributed by atoms with Crippen molar-refractivity contribution in [2.45, 2.75) is 32.4 Å². The van der Waals surface area contributed by atoms with Gasteiger partial charge in [-0.25, -0.2) is 4.79 Å². The molecule has 10 nitrogen and oxygen atoms in total. The molecule has 11 heteroatoms. The average Bonchev–Trinajstić information content (AvgIpc) is 3.22. The number of carbonyl (C=O) groups is 3. The molecule has 0 bridgehead atoms. The van der Waals surface area contributed by atoms with Crippen molar-refractivity contribution in [3.63, 3.8) is 0 Å². The van der Waals surface area contributed by atoms with E-state index in [1.165, 1.54) is 0 Å². The number of nitrogens with zero attached hydrogens (tertiary/aromatic N) is 2. The van der Waals surface area contributed by atoms with Crippen LogP contribution in [0.3, 0.4) is 0 Å². The van der Waals surface area contributed by atoms with Gasteiger partial charge in [0.25, 0.3) is 11.8 Å². The van der Waals surface area contributed by atoms with Gasteiger partial charge in [0.15, 0.2) is 6.61 Å². The zero-order chi connectivity index (χ0) is 27.5. The van der Waals surface area contributed by atoms with E-state index >= 15 is 0 Å². The Morgan fingerprint density at radius 3 is 2.54 bits per heavy atom. The molecule has 1 unspecified atom stereocenters. The first-order valence-electron chi connectivity index (χ1n) is 12.8. The Kier molecular flexibility index (Phi) is 6.13. The summed E-state index contributed by atoms with van der Waals surface area (Å²) in [4.78, 5) is 45.2. The number of halogens is 1. The SMILES string of the molecule is CC(C)(C)OC(=O)NC1[C@H]2CN(C(=O)CO/N=C3/C(=C4/C(=O)Nc5ccc(Br)cc54)Nc4ccccc43)C[C@@H]12. The van der Waals surface area contributed by atoms with Gasteiger partial charge in [0.05, 0.1) is 11.3 Å². The summed E-state index contributed by atoms with van der Waals surface area (Å²) in [5.74, 6) is 0.0162. The Hall–Kier alpha value is -3.86. The molecule has 6 rings (SSSR count). The lowest BCUT2D eigenvalue weighted by Gasteiger charge is -2.22. The van der Waals surface area contributed by atoms with Crippen LogP contribution < -0.4 is 16.0 Å². The van der Waals surface area contributed by atoms with E-state index < -0.39 is 11.7 Å². The highest BCUT2D eigenvalue weighted by atomic mass is 79.9. The number of rotatable bonds is 4. The van der Waals surface area contributed by atoms with E-state index in [-0.39, 0.29) is 36.3 Å². The Bertz CT molecular complexity index is 1450. The summed E-state index contributed by atoms with van der Waals surface area (Å²) in [5.41, 5.74) is 3.93. The van der Waals surface area contributed by atoms with Crippen LogP contribution in [0.5, 0.6) is 0 Å². The van der Waals surface area contributed by atoms with Crippen LogP contribution in [-0.2, 0) is 19.2 Å². The van der Waals surface area contributed by atoms with E-state index in [9.17, 15) is 14.4 Å². The van der Waals surface area contributed by atoms with Gasteiger partial charge < -0.3 is 30.4 Å². The highest BCUT2D eigenvalue weighted by Gasteiger charge is 2.57. The normalized spacial score (nSPS) is 25.4. The first-order valence-corrected chi connectivity index (χ1v) is 13.6. The van der Waals surface area contributed by atoms with E-state index in [1.54, 1.807) is 4.90 Å². The number of para-hydroxylation sites is 1. The van der Waals surface area contributed by atoms with E-state index in [1.807, 2.05) is 63.2 Å². The van der Waals surface area contributed by atoms with Gasteiger partial charge in [0.1, 0.15) is 11.3 Å². The number of fused-ring (bicyclic) bond motifs is 3. The third kappa shape index (κ3) is 4.87. The van der Waals surface area contributed by atoms with Crippen LogP contribution in [0.15, 0.2) is 57.8 Å². The Morgan fingerprint density at radius 1 is 1.08 bits per heavy atom. The predicted octanol–water partition coefficient (Wildman–Crippen LogP) is 3.94. The maximum absolute atomic E-state index is 13.0. The highest BCUT2D eigenvalue weighted by molar-refractivity contribution is 9.10. The number of allylic oxidation sites excluding steroid dienone is 1. The highest BCUT2D eigenvalue weighted by Crippen LogP contribution is 2.45. The van der Waals surface area contributed by atoms with Crippen LogP contribution in [0.25, 0.3) is 5.57 Å². The zero-order valence-electron chi connectivity index (χ0n) is 21.7. The number of hydrogen-bond acceptors (Lipinski definition) is 7. The molecule has 2 aromatic carbocycles. The van der Waals surface area contributed by atoms with E-state index in [0.29, 0.717) is 35.8 Å². The molecule has 1 saturated heterocycles. The molecule has 0 spiro atoms. The Labute approximate surface area is 233 Å². The largest absolute Gasteiger partial charge is 0.444 e. The molecule has 1 saturated carbocycles. The molecule has 202 valence electrons. The summed E-state index contributed by atoms with van der Waals surface area (Å²) in [7, 11) is 0. The van der Waals surface area contributed by atoms with Gasteiger partial charge in [-0.15, -0.1) is 0 Å². The lowest BCUT2D eigenvalue weighted by atomic mass is 10.0. The van der Waals surface area contributed by atoms with E-state index in [4.69, 9.17) is 9.57 Å². The van der Waals surface area contributed by atoms with Crippen LogP contribution in [-0.4, -0.2) is 59.9 Å². The fourth-order valence-corrected chi connectivity index (χ4v) is 5.78. The molecule has 0 aromatic heterocycles. The summed E-state index contributed by atoms with van der Waals surface area (Å²) < 4.78 is 6.18. The van der Waals surface area contributed by atoms with Crippen molar-refractivity contribution in [2.75, 3.05) is 30.3 Å². The molecular formula is C28H28BrN5O5. The molecular weight excluding hydrogens is 566 g/mol.